The number of methoxy groups -OCH3 is 1. The number of benzene rings is 1. The normalized spacial score (nSPS) is 16.2. The number of ether oxygens (including phenoxy) is 2. The van der Waals surface area contributed by atoms with Crippen LogP contribution in [0.5, 0.6) is 5.75 Å². The molecule has 0 radical (unpaired) electrons. The topological polar surface area (TPSA) is 144 Å². The molecular weight excluding hydrogens is 432 g/mol. The fourth-order valence-corrected chi connectivity index (χ4v) is 5.01. The molecule has 2 heterocycles. The van der Waals surface area contributed by atoms with Crippen LogP contribution in [0, 0.1) is 12.3 Å². The van der Waals surface area contributed by atoms with Crippen LogP contribution in [0.25, 0.3) is 0 Å². The van der Waals surface area contributed by atoms with Gasteiger partial charge in [0.15, 0.2) is 9.84 Å². The first-order valence-electron chi connectivity index (χ1n) is 10.1. The lowest BCUT2D eigenvalue weighted by Gasteiger charge is -2.30. The van der Waals surface area contributed by atoms with Crippen LogP contribution in [-0.4, -0.2) is 49.4 Å². The molecule has 0 saturated heterocycles. The number of fused-ring (bicyclic) bond motifs is 1. The minimum absolute atomic E-state index is 0.219. The Morgan fingerprint density at radius 1 is 1.38 bits per heavy atom. The first-order chi connectivity index (χ1) is 15.0. The van der Waals surface area contributed by atoms with E-state index in [2.05, 4.69) is 10.3 Å². The van der Waals surface area contributed by atoms with E-state index < -0.39 is 26.3 Å². The number of hydrogen-bond donors (Lipinski definition) is 3. The molecule has 172 valence electrons. The number of hydrogen-bond acceptors (Lipinski definition) is 7. The Labute approximate surface area is 187 Å². The number of amidine groups is 1. The lowest BCUT2D eigenvalue weighted by molar-refractivity contribution is 0.0956. The summed E-state index contributed by atoms with van der Waals surface area (Å²) >= 11 is 0. The number of carbonyl (C=O) groups is 1. The number of amides is 1. The maximum atomic E-state index is 12.9. The minimum atomic E-state index is -3.73. The Morgan fingerprint density at radius 3 is 2.72 bits per heavy atom. The monoisotopic (exact) mass is 460 g/mol. The summed E-state index contributed by atoms with van der Waals surface area (Å²) in [5.74, 6) is -0.884. The molecule has 1 aromatic carbocycles. The summed E-state index contributed by atoms with van der Waals surface area (Å²) in [5.41, 5.74) is 8.65. The van der Waals surface area contributed by atoms with Gasteiger partial charge in [-0.15, -0.1) is 0 Å². The van der Waals surface area contributed by atoms with Crippen LogP contribution in [0.2, 0.25) is 0 Å². The summed E-state index contributed by atoms with van der Waals surface area (Å²) in [4.78, 5) is 16.9. The third kappa shape index (κ3) is 4.61. The van der Waals surface area contributed by atoms with Crippen molar-refractivity contribution in [2.75, 3.05) is 24.8 Å². The van der Waals surface area contributed by atoms with Crippen LogP contribution in [0.4, 0.5) is 5.69 Å². The van der Waals surface area contributed by atoms with Gasteiger partial charge < -0.3 is 20.5 Å². The summed E-state index contributed by atoms with van der Waals surface area (Å²) in [6.45, 7) is 5.20. The van der Waals surface area contributed by atoms with E-state index in [1.165, 1.54) is 27.2 Å². The molecule has 1 unspecified atom stereocenters. The number of aryl methyl sites for hydroxylation is 1. The number of carbonyl (C=O) groups excluding carboxylic acids is 1. The van der Waals surface area contributed by atoms with Gasteiger partial charge in [-0.1, -0.05) is 6.07 Å². The number of anilines is 1. The van der Waals surface area contributed by atoms with Crippen LogP contribution in [0.1, 0.15) is 46.9 Å². The number of aromatic nitrogens is 1. The first kappa shape index (κ1) is 23.7. The molecule has 1 aliphatic rings. The summed E-state index contributed by atoms with van der Waals surface area (Å²) in [6, 6.07) is 7.06. The van der Waals surface area contributed by atoms with Crippen molar-refractivity contribution >= 4 is 27.3 Å². The average molecular weight is 461 g/mol. The highest BCUT2D eigenvalue weighted by molar-refractivity contribution is 7.93. The van der Waals surface area contributed by atoms with Crippen molar-refractivity contribution in [2.45, 2.75) is 38.0 Å². The van der Waals surface area contributed by atoms with E-state index in [0.29, 0.717) is 23.6 Å². The van der Waals surface area contributed by atoms with E-state index >= 15 is 0 Å². The fraction of sp³-hybridized carbons (Fsp3) is 0.409. The maximum Gasteiger partial charge on any atom is 0.274 e. The Morgan fingerprint density at radius 2 is 2.09 bits per heavy atom. The largest absolute Gasteiger partial charge is 0.495 e. The van der Waals surface area contributed by atoms with Crippen LogP contribution in [-0.2, 0) is 21.2 Å². The molecule has 4 N–H and O–H groups in total. The van der Waals surface area contributed by atoms with Crippen molar-refractivity contribution in [1.29, 1.82) is 5.41 Å². The van der Waals surface area contributed by atoms with Gasteiger partial charge in [0.1, 0.15) is 22.0 Å². The molecule has 0 aliphatic carbocycles. The highest BCUT2D eigenvalue weighted by Gasteiger charge is 2.40. The quantitative estimate of drug-likeness (QED) is 0.425. The van der Waals surface area contributed by atoms with Gasteiger partial charge in [-0.05, 0) is 55.7 Å². The fourth-order valence-electron chi connectivity index (χ4n) is 3.45. The van der Waals surface area contributed by atoms with Gasteiger partial charge in [0.2, 0.25) is 0 Å². The molecule has 3 rings (SSSR count). The predicted molar refractivity (Wildman–Crippen MR) is 122 cm³/mol. The van der Waals surface area contributed by atoms with Crippen LogP contribution < -0.4 is 15.8 Å². The molecule has 1 amide bonds. The Kier molecular flexibility index (Phi) is 6.56. The van der Waals surface area contributed by atoms with Crippen molar-refractivity contribution in [3.8, 4) is 5.75 Å². The first-order valence-corrected chi connectivity index (χ1v) is 11.7. The second-order valence-corrected chi connectivity index (χ2v) is 10.9. The van der Waals surface area contributed by atoms with E-state index in [4.69, 9.17) is 20.6 Å². The van der Waals surface area contributed by atoms with Gasteiger partial charge in [-0.3, -0.25) is 10.2 Å². The Hall–Kier alpha value is -2.98. The highest BCUT2D eigenvalue weighted by atomic mass is 32.2. The molecule has 2 aromatic rings. The summed E-state index contributed by atoms with van der Waals surface area (Å²) in [7, 11) is -2.20. The van der Waals surface area contributed by atoms with Crippen LogP contribution in [0.15, 0.2) is 30.5 Å². The van der Waals surface area contributed by atoms with Gasteiger partial charge in [0, 0.05) is 11.6 Å². The summed E-state index contributed by atoms with van der Waals surface area (Å²) in [6.07, 6.45) is 1.48. The zero-order chi connectivity index (χ0) is 23.7. The molecule has 0 saturated carbocycles. The maximum absolute atomic E-state index is 12.9. The molecular formula is C22H28N4O5S. The molecule has 10 heteroatoms. The average Bonchev–Trinajstić information content (AvgIpc) is 2.73. The Balaban J connectivity index is 1.86. The van der Waals surface area contributed by atoms with Gasteiger partial charge in [-0.25, -0.2) is 13.4 Å². The van der Waals surface area contributed by atoms with Crippen LogP contribution in [0.3, 0.4) is 0 Å². The minimum Gasteiger partial charge on any atom is -0.495 e. The molecule has 32 heavy (non-hydrogen) atoms. The van der Waals surface area contributed by atoms with Gasteiger partial charge in [0.25, 0.3) is 5.91 Å². The number of sulfone groups is 1. The number of rotatable bonds is 7. The second kappa shape index (κ2) is 8.87. The molecule has 1 aromatic heterocycles. The van der Waals surface area contributed by atoms with Gasteiger partial charge >= 0.3 is 0 Å². The summed E-state index contributed by atoms with van der Waals surface area (Å²) in [5, 5.41) is 10.5. The zero-order valence-corrected chi connectivity index (χ0v) is 19.4. The molecule has 1 atom stereocenters. The molecule has 9 nitrogen and oxygen atoms in total. The molecule has 0 fully saturated rings. The second-order valence-electron chi connectivity index (χ2n) is 8.33. The van der Waals surface area contributed by atoms with Crippen molar-refractivity contribution in [3.05, 3.63) is 52.8 Å². The lowest BCUT2D eigenvalue weighted by atomic mass is 9.94. The number of pyridine rings is 1. The van der Waals surface area contributed by atoms with Crippen LogP contribution >= 0.6 is 0 Å². The molecule has 0 bridgehead atoms. The molecule has 1 aliphatic heterocycles. The predicted octanol–water partition coefficient (Wildman–Crippen LogP) is 2.39. The number of nitrogens with zero attached hydrogens (tertiary/aromatic N) is 1. The highest BCUT2D eigenvalue weighted by Crippen LogP contribution is 2.33. The van der Waals surface area contributed by atoms with Crippen molar-refractivity contribution < 1.29 is 22.7 Å². The van der Waals surface area contributed by atoms with E-state index in [9.17, 15) is 13.2 Å². The van der Waals surface area contributed by atoms with E-state index in [1.54, 1.807) is 25.1 Å². The van der Waals surface area contributed by atoms with Crippen molar-refractivity contribution in [3.63, 3.8) is 0 Å². The van der Waals surface area contributed by atoms with Gasteiger partial charge in [-0.2, -0.15) is 0 Å². The van der Waals surface area contributed by atoms with E-state index in [-0.39, 0.29) is 24.0 Å². The zero-order valence-electron chi connectivity index (χ0n) is 18.6. The lowest BCUT2D eigenvalue weighted by Crippen LogP contribution is -2.47. The van der Waals surface area contributed by atoms with E-state index in [1.807, 2.05) is 6.07 Å². The SMILES string of the molecule is COc1cnc(C(=O)Nc2ccc3c(c2)C(CS(=O)(=O)C(C)(C)C(=N)N)COC3)c(C)c1. The number of nitrogens with one attached hydrogen (secondary N) is 2. The van der Waals surface area contributed by atoms with Crippen molar-refractivity contribution in [2.24, 2.45) is 5.73 Å². The third-order valence-electron chi connectivity index (χ3n) is 5.77. The standard InChI is InChI=1S/C22H28N4O5S/c1-13-7-17(30-4)9-25-19(13)20(27)26-16-6-5-14-10-31-11-15(18(14)8-16)12-32(28,29)22(2,3)21(23)24/h5-9,15H,10-12H2,1-4H3,(H3,23,24)(H,26,27). The van der Waals surface area contributed by atoms with E-state index in [0.717, 1.165) is 11.1 Å². The third-order valence-corrected chi connectivity index (χ3v) is 8.39. The summed E-state index contributed by atoms with van der Waals surface area (Å²) < 4.78 is 35.1. The smallest absolute Gasteiger partial charge is 0.274 e. The van der Waals surface area contributed by atoms with Gasteiger partial charge in [0.05, 0.1) is 32.3 Å². The van der Waals surface area contributed by atoms with Crippen molar-refractivity contribution in [1.82, 2.24) is 4.98 Å². The Bertz CT molecular complexity index is 1160. The number of nitrogens with two attached hydrogens (primary N) is 1. The molecule has 0 spiro atoms.